The molecule has 0 aliphatic rings. The standard InChI is InChI=1S/C27H27N3O3S/c1-17(2)21-13-7-9-18(3)25(21)29-24(31)16-34-27-28-23-14-6-5-12-22(23)26(32)30(27)19-10-8-11-20(15-19)33-4/h5-15,17H,16H2,1-4H3,(H,29,31). The first kappa shape index (κ1) is 23.6. The number of benzene rings is 3. The van der Waals surface area contributed by atoms with Crippen molar-refractivity contribution < 1.29 is 9.53 Å². The number of anilines is 1. The molecule has 1 amide bonds. The molecule has 4 rings (SSSR count). The summed E-state index contributed by atoms with van der Waals surface area (Å²) in [4.78, 5) is 31.1. The van der Waals surface area contributed by atoms with Crippen molar-refractivity contribution in [3.8, 4) is 11.4 Å². The number of thioether (sulfide) groups is 1. The molecule has 0 aliphatic carbocycles. The number of aromatic nitrogens is 2. The highest BCUT2D eigenvalue weighted by atomic mass is 32.2. The van der Waals surface area contributed by atoms with Gasteiger partial charge in [0.1, 0.15) is 5.75 Å². The molecule has 7 heteroatoms. The first-order valence-electron chi connectivity index (χ1n) is 11.1. The van der Waals surface area contributed by atoms with E-state index in [-0.39, 0.29) is 23.1 Å². The second kappa shape index (κ2) is 10.1. The number of hydrogen-bond acceptors (Lipinski definition) is 5. The van der Waals surface area contributed by atoms with E-state index < -0.39 is 0 Å². The van der Waals surface area contributed by atoms with Crippen LogP contribution in [0.4, 0.5) is 5.69 Å². The number of nitrogens with zero attached hydrogens (tertiary/aromatic N) is 2. The highest BCUT2D eigenvalue weighted by Crippen LogP contribution is 2.28. The zero-order chi connectivity index (χ0) is 24.2. The first-order valence-corrected chi connectivity index (χ1v) is 12.1. The van der Waals surface area contributed by atoms with E-state index in [1.807, 2.05) is 55.5 Å². The summed E-state index contributed by atoms with van der Waals surface area (Å²) in [6.07, 6.45) is 0. The number of nitrogens with one attached hydrogen (secondary N) is 1. The summed E-state index contributed by atoms with van der Waals surface area (Å²) < 4.78 is 6.88. The van der Waals surface area contributed by atoms with Gasteiger partial charge in [-0.2, -0.15) is 0 Å². The van der Waals surface area contributed by atoms with E-state index in [1.54, 1.807) is 25.3 Å². The third-order valence-corrected chi connectivity index (χ3v) is 6.52. The van der Waals surface area contributed by atoms with Crippen molar-refractivity contribution in [2.24, 2.45) is 0 Å². The lowest BCUT2D eigenvalue weighted by Crippen LogP contribution is -2.23. The minimum Gasteiger partial charge on any atom is -0.497 e. The summed E-state index contributed by atoms with van der Waals surface area (Å²) >= 11 is 1.23. The topological polar surface area (TPSA) is 73.2 Å². The fourth-order valence-corrected chi connectivity index (χ4v) is 4.65. The summed E-state index contributed by atoms with van der Waals surface area (Å²) in [5.41, 5.74) is 3.99. The fourth-order valence-electron chi connectivity index (χ4n) is 3.83. The van der Waals surface area contributed by atoms with Crippen LogP contribution in [0.2, 0.25) is 0 Å². The molecule has 1 N–H and O–H groups in total. The van der Waals surface area contributed by atoms with Crippen molar-refractivity contribution in [2.75, 3.05) is 18.2 Å². The van der Waals surface area contributed by atoms with Gasteiger partial charge >= 0.3 is 0 Å². The Bertz CT molecular complexity index is 1410. The molecule has 1 heterocycles. The monoisotopic (exact) mass is 473 g/mol. The van der Waals surface area contributed by atoms with Crippen molar-refractivity contribution in [1.29, 1.82) is 0 Å². The van der Waals surface area contributed by atoms with Gasteiger partial charge in [-0.25, -0.2) is 4.98 Å². The number of methoxy groups -OCH3 is 1. The normalized spacial score (nSPS) is 11.1. The van der Waals surface area contributed by atoms with Gasteiger partial charge in [-0.15, -0.1) is 0 Å². The molecular weight excluding hydrogens is 446 g/mol. The van der Waals surface area contributed by atoms with Crippen LogP contribution in [0.5, 0.6) is 5.75 Å². The number of hydrogen-bond donors (Lipinski definition) is 1. The molecule has 0 radical (unpaired) electrons. The van der Waals surface area contributed by atoms with Gasteiger partial charge in [0.2, 0.25) is 5.91 Å². The number of fused-ring (bicyclic) bond motifs is 1. The van der Waals surface area contributed by atoms with E-state index in [1.165, 1.54) is 16.3 Å². The molecular formula is C27H27N3O3S. The summed E-state index contributed by atoms with van der Waals surface area (Å²) in [5.74, 6) is 0.872. The van der Waals surface area contributed by atoms with E-state index in [2.05, 4.69) is 19.2 Å². The second-order valence-corrected chi connectivity index (χ2v) is 9.23. The lowest BCUT2D eigenvalue weighted by atomic mass is 9.98. The zero-order valence-electron chi connectivity index (χ0n) is 19.7. The maximum Gasteiger partial charge on any atom is 0.266 e. The van der Waals surface area contributed by atoms with Gasteiger partial charge < -0.3 is 10.1 Å². The molecule has 4 aromatic rings. The molecule has 174 valence electrons. The lowest BCUT2D eigenvalue weighted by Gasteiger charge is -2.17. The van der Waals surface area contributed by atoms with Crippen LogP contribution in [0, 0.1) is 6.92 Å². The number of para-hydroxylation sites is 2. The van der Waals surface area contributed by atoms with Gasteiger partial charge in [0.15, 0.2) is 5.16 Å². The molecule has 0 fully saturated rings. The Morgan fingerprint density at radius 2 is 1.85 bits per heavy atom. The Morgan fingerprint density at radius 3 is 2.62 bits per heavy atom. The molecule has 6 nitrogen and oxygen atoms in total. The average molecular weight is 474 g/mol. The van der Waals surface area contributed by atoms with Crippen molar-refractivity contribution in [3.63, 3.8) is 0 Å². The van der Waals surface area contributed by atoms with Crippen LogP contribution < -0.4 is 15.6 Å². The van der Waals surface area contributed by atoms with E-state index >= 15 is 0 Å². The Morgan fingerprint density at radius 1 is 1.09 bits per heavy atom. The number of aryl methyl sites for hydroxylation is 1. The van der Waals surface area contributed by atoms with Gasteiger partial charge in [0, 0.05) is 11.8 Å². The maximum absolute atomic E-state index is 13.4. The van der Waals surface area contributed by atoms with Crippen LogP contribution >= 0.6 is 11.8 Å². The summed E-state index contributed by atoms with van der Waals surface area (Å²) in [7, 11) is 1.58. The smallest absolute Gasteiger partial charge is 0.266 e. The quantitative estimate of drug-likeness (QED) is 0.281. The van der Waals surface area contributed by atoms with Crippen molar-refractivity contribution in [1.82, 2.24) is 9.55 Å². The van der Waals surface area contributed by atoms with Gasteiger partial charge in [0.25, 0.3) is 5.56 Å². The number of rotatable bonds is 7. The van der Waals surface area contributed by atoms with Crippen LogP contribution in [-0.2, 0) is 4.79 Å². The summed E-state index contributed by atoms with van der Waals surface area (Å²) in [6, 6.07) is 20.5. The minimum atomic E-state index is -0.192. The van der Waals surface area contributed by atoms with Crippen LogP contribution in [-0.4, -0.2) is 28.3 Å². The van der Waals surface area contributed by atoms with Gasteiger partial charge in [0.05, 0.1) is 29.5 Å². The van der Waals surface area contributed by atoms with Crippen LogP contribution in [0.1, 0.15) is 30.9 Å². The maximum atomic E-state index is 13.4. The molecule has 0 saturated heterocycles. The number of carbonyl (C=O) groups is 1. The van der Waals surface area contributed by atoms with Crippen LogP contribution in [0.3, 0.4) is 0 Å². The fraction of sp³-hybridized carbons (Fsp3) is 0.222. The molecule has 1 aromatic heterocycles. The molecule has 0 atom stereocenters. The lowest BCUT2D eigenvalue weighted by molar-refractivity contribution is -0.113. The molecule has 0 bridgehead atoms. The third kappa shape index (κ3) is 4.84. The zero-order valence-corrected chi connectivity index (χ0v) is 20.5. The summed E-state index contributed by atoms with van der Waals surface area (Å²) in [6.45, 7) is 6.19. The van der Waals surface area contributed by atoms with E-state index in [0.717, 1.165) is 16.8 Å². The Labute approximate surface area is 203 Å². The summed E-state index contributed by atoms with van der Waals surface area (Å²) in [5, 5.41) is 4.02. The van der Waals surface area contributed by atoms with E-state index in [4.69, 9.17) is 9.72 Å². The van der Waals surface area contributed by atoms with Gasteiger partial charge in [-0.3, -0.25) is 14.2 Å². The third-order valence-electron chi connectivity index (χ3n) is 5.58. The highest BCUT2D eigenvalue weighted by molar-refractivity contribution is 7.99. The SMILES string of the molecule is COc1cccc(-n2c(SCC(=O)Nc3c(C)cccc3C(C)C)nc3ccccc3c2=O)c1. The minimum absolute atomic E-state index is 0.112. The second-order valence-electron chi connectivity index (χ2n) is 8.28. The number of ether oxygens (including phenoxy) is 1. The molecule has 0 aliphatic heterocycles. The molecule has 0 saturated carbocycles. The number of carbonyl (C=O) groups excluding carboxylic acids is 1. The van der Waals surface area contributed by atoms with Gasteiger partial charge in [-0.05, 0) is 48.2 Å². The largest absolute Gasteiger partial charge is 0.497 e. The molecule has 0 unspecified atom stereocenters. The van der Waals surface area contributed by atoms with Crippen LogP contribution in [0.25, 0.3) is 16.6 Å². The highest BCUT2D eigenvalue weighted by Gasteiger charge is 2.17. The van der Waals surface area contributed by atoms with Crippen molar-refractivity contribution >= 4 is 34.3 Å². The van der Waals surface area contributed by atoms with Crippen molar-refractivity contribution in [3.05, 3.63) is 88.2 Å². The predicted molar refractivity (Wildman–Crippen MR) is 139 cm³/mol. The molecule has 0 spiro atoms. The van der Waals surface area contributed by atoms with E-state index in [0.29, 0.717) is 27.5 Å². The van der Waals surface area contributed by atoms with Gasteiger partial charge in [-0.1, -0.05) is 62.0 Å². The van der Waals surface area contributed by atoms with E-state index in [9.17, 15) is 9.59 Å². The Hall–Kier alpha value is -3.58. The molecule has 34 heavy (non-hydrogen) atoms. The predicted octanol–water partition coefficient (Wildman–Crippen LogP) is 5.56. The van der Waals surface area contributed by atoms with Crippen LogP contribution in [0.15, 0.2) is 76.7 Å². The van der Waals surface area contributed by atoms with Crippen molar-refractivity contribution in [2.45, 2.75) is 31.8 Å². The molecule has 3 aromatic carbocycles. The average Bonchev–Trinajstić information content (AvgIpc) is 2.84. The Kier molecular flexibility index (Phi) is 7.03. The number of amides is 1. The Balaban J connectivity index is 1.68. The first-order chi connectivity index (χ1) is 16.4.